The highest BCUT2D eigenvalue weighted by molar-refractivity contribution is 6.29. The predicted molar refractivity (Wildman–Crippen MR) is 105 cm³/mol. The first kappa shape index (κ1) is 19.2. The summed E-state index contributed by atoms with van der Waals surface area (Å²) >= 11 is 0. The Morgan fingerprint density at radius 2 is 1.79 bits per heavy atom. The molecule has 0 atom stereocenters. The number of hydrogen-bond donors (Lipinski definition) is 1. The van der Waals surface area contributed by atoms with E-state index in [1.165, 1.54) is 12.0 Å². The van der Waals surface area contributed by atoms with Gasteiger partial charge in [-0.2, -0.15) is 4.99 Å². The van der Waals surface area contributed by atoms with E-state index in [1.54, 1.807) is 0 Å². The summed E-state index contributed by atoms with van der Waals surface area (Å²) in [5.41, 5.74) is 4.34. The number of methoxy groups -OCH3 is 1. The Kier molecular flexibility index (Phi) is 5.21. The van der Waals surface area contributed by atoms with Crippen LogP contribution >= 0.6 is 0 Å². The van der Waals surface area contributed by atoms with E-state index in [4.69, 9.17) is 0 Å². The number of aliphatic imine (C=N–C) groups is 1. The van der Waals surface area contributed by atoms with Crippen molar-refractivity contribution in [1.29, 1.82) is 0 Å². The number of benzene rings is 1. The Balaban J connectivity index is 2.11. The van der Waals surface area contributed by atoms with Crippen molar-refractivity contribution in [2.45, 2.75) is 27.7 Å². The lowest BCUT2D eigenvalue weighted by Crippen LogP contribution is -2.32. The molecule has 8 nitrogen and oxygen atoms in total. The lowest BCUT2D eigenvalue weighted by atomic mass is 10.1. The number of ether oxygens (including phenoxy) is 1. The number of rotatable bonds is 3. The summed E-state index contributed by atoms with van der Waals surface area (Å²) in [4.78, 5) is 39.0. The van der Waals surface area contributed by atoms with Crippen LogP contribution in [0.3, 0.4) is 0 Å². The van der Waals surface area contributed by atoms with Gasteiger partial charge in [0.05, 0.1) is 18.9 Å². The van der Waals surface area contributed by atoms with Crippen LogP contribution in [0.5, 0.6) is 0 Å². The minimum atomic E-state index is -0.639. The predicted octanol–water partition coefficient (Wildman–Crippen LogP) is 2.39. The monoisotopic (exact) mass is 379 g/mol. The fourth-order valence-corrected chi connectivity index (χ4v) is 2.76. The van der Waals surface area contributed by atoms with Crippen molar-refractivity contribution in [1.82, 2.24) is 15.3 Å². The molecule has 144 valence electrons. The van der Waals surface area contributed by atoms with Crippen LogP contribution in [0.2, 0.25) is 0 Å². The first-order valence-electron chi connectivity index (χ1n) is 8.68. The molecule has 28 heavy (non-hydrogen) atoms. The number of nitrogens with zero attached hydrogens (tertiary/aromatic N) is 4. The van der Waals surface area contributed by atoms with E-state index >= 15 is 0 Å². The topological polar surface area (TPSA) is 96.8 Å². The largest absolute Gasteiger partial charge is 0.466 e. The molecule has 1 aliphatic rings. The van der Waals surface area contributed by atoms with E-state index in [0.29, 0.717) is 5.69 Å². The highest BCUT2D eigenvalue weighted by Gasteiger charge is 2.34. The number of nitrogens with one attached hydrogen (secondary N) is 1. The van der Waals surface area contributed by atoms with Crippen molar-refractivity contribution in [3.05, 3.63) is 58.6 Å². The van der Waals surface area contributed by atoms with E-state index < -0.39 is 11.9 Å². The van der Waals surface area contributed by atoms with Crippen molar-refractivity contribution in [2.24, 2.45) is 4.99 Å². The molecule has 1 aromatic carbocycles. The Bertz CT molecular complexity index is 1010. The van der Waals surface area contributed by atoms with Crippen molar-refractivity contribution in [2.75, 3.05) is 12.0 Å². The van der Waals surface area contributed by atoms with Gasteiger partial charge in [0.15, 0.2) is 0 Å². The van der Waals surface area contributed by atoms with Gasteiger partial charge in [0.25, 0.3) is 11.9 Å². The van der Waals surface area contributed by atoms with Gasteiger partial charge in [0, 0.05) is 11.4 Å². The van der Waals surface area contributed by atoms with E-state index in [2.05, 4.69) is 25.0 Å². The molecular formula is C20H21N5O3. The zero-order valence-corrected chi connectivity index (χ0v) is 16.4. The number of carbonyl (C=O) groups is 2. The number of esters is 1. The van der Waals surface area contributed by atoms with Crippen LogP contribution < -0.4 is 10.2 Å². The fourth-order valence-electron chi connectivity index (χ4n) is 2.76. The molecular weight excluding hydrogens is 358 g/mol. The summed E-state index contributed by atoms with van der Waals surface area (Å²) in [6.07, 6.45) is 1.10. The number of hydrogen-bond acceptors (Lipinski definition) is 6. The van der Waals surface area contributed by atoms with Gasteiger partial charge in [-0.3, -0.25) is 4.79 Å². The third-order valence-electron chi connectivity index (χ3n) is 4.28. The summed E-state index contributed by atoms with van der Waals surface area (Å²) in [5.74, 6) is -0.620. The molecule has 1 saturated heterocycles. The molecule has 1 N–H and O–H groups in total. The normalized spacial score (nSPS) is 16.6. The summed E-state index contributed by atoms with van der Waals surface area (Å²) in [6.45, 7) is 7.64. The Hall–Kier alpha value is -3.55. The summed E-state index contributed by atoms with van der Waals surface area (Å²) in [6, 6.07) is 7.46. The molecule has 1 aliphatic heterocycles. The molecule has 2 heterocycles. The molecule has 1 amide bonds. The van der Waals surface area contributed by atoms with Gasteiger partial charge in [-0.25, -0.2) is 19.7 Å². The van der Waals surface area contributed by atoms with Crippen LogP contribution in [-0.4, -0.2) is 34.9 Å². The van der Waals surface area contributed by atoms with Crippen LogP contribution in [0.4, 0.5) is 11.6 Å². The standard InChI is InChI=1S/C20H21N5O3/c1-11-6-7-15(8-12(11)2)25-18(27)16(10-17(26)28-5)23-20(25)24-19-21-13(3)9-14(4)22-19/h6-10H,1-5H3,(H,21,22,23,24). The number of carbonyl (C=O) groups excluding carboxylic acids is 2. The summed E-state index contributed by atoms with van der Waals surface area (Å²) in [7, 11) is 1.25. The molecule has 2 aromatic rings. The third kappa shape index (κ3) is 3.90. The second-order valence-electron chi connectivity index (χ2n) is 6.50. The highest BCUT2D eigenvalue weighted by Crippen LogP contribution is 2.25. The molecule has 8 heteroatoms. The maximum Gasteiger partial charge on any atom is 0.332 e. The van der Waals surface area contributed by atoms with E-state index in [1.807, 2.05) is 52.0 Å². The summed E-state index contributed by atoms with van der Waals surface area (Å²) in [5, 5.41) is 2.88. The van der Waals surface area contributed by atoms with E-state index in [-0.39, 0.29) is 17.6 Å². The van der Waals surface area contributed by atoms with Crippen molar-refractivity contribution in [3.8, 4) is 0 Å². The van der Waals surface area contributed by atoms with Gasteiger partial charge in [0.1, 0.15) is 5.70 Å². The molecule has 1 fully saturated rings. The van der Waals surface area contributed by atoms with Crippen LogP contribution in [0.15, 0.2) is 41.0 Å². The lowest BCUT2D eigenvalue weighted by Gasteiger charge is -2.16. The van der Waals surface area contributed by atoms with Gasteiger partial charge >= 0.3 is 5.97 Å². The van der Waals surface area contributed by atoms with Crippen LogP contribution in [0.25, 0.3) is 0 Å². The Morgan fingerprint density at radius 3 is 2.39 bits per heavy atom. The first-order valence-corrected chi connectivity index (χ1v) is 8.68. The molecule has 3 rings (SSSR count). The second-order valence-corrected chi connectivity index (χ2v) is 6.50. The SMILES string of the molecule is COC(=O)C=C1N/C(=N\c2nc(C)cc(C)n2)N(c2ccc(C)c(C)c2)C1=O. The number of guanidine groups is 1. The van der Waals surface area contributed by atoms with Crippen molar-refractivity contribution < 1.29 is 14.3 Å². The molecule has 0 aliphatic carbocycles. The van der Waals surface area contributed by atoms with E-state index in [0.717, 1.165) is 28.6 Å². The van der Waals surface area contributed by atoms with Gasteiger partial charge < -0.3 is 10.1 Å². The van der Waals surface area contributed by atoms with Gasteiger partial charge in [0.2, 0.25) is 5.96 Å². The van der Waals surface area contributed by atoms with E-state index in [9.17, 15) is 9.59 Å². The van der Waals surface area contributed by atoms with Crippen molar-refractivity contribution in [3.63, 3.8) is 0 Å². The zero-order chi connectivity index (χ0) is 20.4. The number of anilines is 1. The third-order valence-corrected chi connectivity index (χ3v) is 4.28. The molecule has 0 saturated carbocycles. The van der Waals surface area contributed by atoms with Gasteiger partial charge in [-0.05, 0) is 57.0 Å². The Morgan fingerprint density at radius 1 is 1.11 bits per heavy atom. The average Bonchev–Trinajstić information content (AvgIpc) is 2.91. The smallest absolute Gasteiger partial charge is 0.332 e. The lowest BCUT2D eigenvalue weighted by molar-refractivity contribution is -0.135. The molecule has 0 spiro atoms. The Labute approximate surface area is 163 Å². The summed E-state index contributed by atoms with van der Waals surface area (Å²) < 4.78 is 4.63. The fraction of sp³-hybridized carbons (Fsp3) is 0.250. The molecule has 0 bridgehead atoms. The van der Waals surface area contributed by atoms with Crippen molar-refractivity contribution >= 4 is 29.5 Å². The van der Waals surface area contributed by atoms with Crippen LogP contribution in [-0.2, 0) is 14.3 Å². The maximum absolute atomic E-state index is 13.0. The average molecular weight is 379 g/mol. The van der Waals surface area contributed by atoms with Gasteiger partial charge in [-0.1, -0.05) is 6.07 Å². The number of aromatic nitrogens is 2. The highest BCUT2D eigenvalue weighted by atomic mass is 16.5. The minimum Gasteiger partial charge on any atom is -0.466 e. The molecule has 0 radical (unpaired) electrons. The maximum atomic E-state index is 13.0. The minimum absolute atomic E-state index is 0.0632. The van der Waals surface area contributed by atoms with Crippen LogP contribution in [0.1, 0.15) is 22.5 Å². The van der Waals surface area contributed by atoms with Crippen LogP contribution in [0, 0.1) is 27.7 Å². The molecule has 0 unspecified atom stereocenters. The molecule has 1 aromatic heterocycles. The number of aryl methyl sites for hydroxylation is 4. The second kappa shape index (κ2) is 7.59. The first-order chi connectivity index (χ1) is 13.3. The number of amides is 1. The zero-order valence-electron chi connectivity index (χ0n) is 16.4. The quantitative estimate of drug-likeness (QED) is 0.650. The van der Waals surface area contributed by atoms with Gasteiger partial charge in [-0.15, -0.1) is 0 Å².